The molecule has 1 heterocycles. The van der Waals surface area contributed by atoms with Crippen molar-refractivity contribution in [1.82, 2.24) is 15.5 Å². The first-order chi connectivity index (χ1) is 8.93. The summed E-state index contributed by atoms with van der Waals surface area (Å²) < 4.78 is 26.1. The van der Waals surface area contributed by atoms with Gasteiger partial charge in [0.15, 0.2) is 0 Å². The zero-order valence-corrected chi connectivity index (χ0v) is 13.3. The average Bonchev–Trinajstić information content (AvgIpc) is 2.75. The maximum atomic E-state index is 11.8. The highest BCUT2D eigenvalue weighted by Gasteiger charge is 2.13. The number of aryl methyl sites for hydroxylation is 1. The van der Waals surface area contributed by atoms with E-state index >= 15 is 0 Å². The Morgan fingerprint density at radius 3 is 2.58 bits per heavy atom. The smallest absolute Gasteiger partial charge is 0.234 e. The van der Waals surface area contributed by atoms with Crippen LogP contribution in [-0.2, 0) is 16.4 Å². The molecule has 1 aromatic rings. The first kappa shape index (κ1) is 16.3. The number of unbranched alkanes of at least 4 members (excludes halogenated alkanes) is 1. The third kappa shape index (κ3) is 6.84. The second kappa shape index (κ2) is 7.76. The van der Waals surface area contributed by atoms with Crippen molar-refractivity contribution < 1.29 is 8.42 Å². The third-order valence-corrected chi connectivity index (χ3v) is 4.85. The molecule has 110 valence electrons. The van der Waals surface area contributed by atoms with Crippen LogP contribution in [0.15, 0.2) is 0 Å². The highest BCUT2D eigenvalue weighted by molar-refractivity contribution is 7.92. The summed E-state index contributed by atoms with van der Waals surface area (Å²) >= 11 is 1.28. The van der Waals surface area contributed by atoms with Gasteiger partial charge in [-0.25, -0.2) is 8.42 Å². The number of aromatic nitrogens is 2. The predicted octanol–water partition coefficient (Wildman–Crippen LogP) is 1.62. The lowest BCUT2D eigenvalue weighted by molar-refractivity contribution is 0.561. The van der Waals surface area contributed by atoms with Crippen LogP contribution in [0.4, 0.5) is 5.13 Å². The normalized spacial score (nSPS) is 12.0. The maximum Gasteiger partial charge on any atom is 0.234 e. The van der Waals surface area contributed by atoms with Gasteiger partial charge in [0.25, 0.3) is 0 Å². The van der Waals surface area contributed by atoms with Crippen LogP contribution in [0.3, 0.4) is 0 Å². The molecular weight excluding hydrogens is 284 g/mol. The van der Waals surface area contributed by atoms with Crippen LogP contribution in [-0.4, -0.2) is 37.0 Å². The molecule has 1 aromatic heterocycles. The lowest BCUT2D eigenvalue weighted by atomic mass is 10.3. The summed E-state index contributed by atoms with van der Waals surface area (Å²) in [5.41, 5.74) is 0. The number of hydrogen-bond donors (Lipinski definition) is 2. The van der Waals surface area contributed by atoms with Crippen molar-refractivity contribution in [2.24, 2.45) is 0 Å². The Hall–Kier alpha value is -0.730. The minimum absolute atomic E-state index is 0.119. The van der Waals surface area contributed by atoms with Crippen molar-refractivity contribution in [2.45, 2.75) is 46.1 Å². The number of nitrogens with one attached hydrogen (secondary N) is 2. The molecule has 0 spiro atoms. The molecule has 0 fully saturated rings. The second-order valence-corrected chi connectivity index (χ2v) is 7.50. The van der Waals surface area contributed by atoms with Crippen molar-refractivity contribution in [3.8, 4) is 0 Å². The van der Waals surface area contributed by atoms with Crippen LogP contribution in [0.1, 0.15) is 38.6 Å². The second-order valence-electron chi connectivity index (χ2n) is 4.59. The van der Waals surface area contributed by atoms with Crippen molar-refractivity contribution >= 4 is 26.5 Å². The summed E-state index contributed by atoms with van der Waals surface area (Å²) in [4.78, 5) is 0. The molecule has 0 aliphatic rings. The van der Waals surface area contributed by atoms with Crippen molar-refractivity contribution in [2.75, 3.05) is 17.0 Å². The predicted molar refractivity (Wildman–Crippen MR) is 79.1 cm³/mol. The number of anilines is 1. The fourth-order valence-electron chi connectivity index (χ4n) is 1.43. The van der Waals surface area contributed by atoms with E-state index in [1.807, 2.05) is 6.92 Å². The Kier molecular flexibility index (Phi) is 6.67. The summed E-state index contributed by atoms with van der Waals surface area (Å²) in [6.07, 6.45) is 2.24. The minimum atomic E-state index is -3.30. The van der Waals surface area contributed by atoms with Crippen molar-refractivity contribution in [1.29, 1.82) is 0 Å². The molecule has 0 unspecified atom stereocenters. The molecule has 6 nitrogen and oxygen atoms in total. The van der Waals surface area contributed by atoms with E-state index in [-0.39, 0.29) is 5.75 Å². The fourth-order valence-corrected chi connectivity index (χ4v) is 3.50. The SMILES string of the molecule is CCc1nnc(NS(=O)(=O)CCCCNC(C)C)s1. The number of sulfonamides is 1. The fraction of sp³-hybridized carbons (Fsp3) is 0.818. The minimum Gasteiger partial charge on any atom is -0.315 e. The molecule has 0 saturated carbocycles. The van der Waals surface area contributed by atoms with Gasteiger partial charge in [-0.15, -0.1) is 10.2 Å². The lowest BCUT2D eigenvalue weighted by Crippen LogP contribution is -2.24. The molecule has 0 radical (unpaired) electrons. The Balaban J connectivity index is 2.31. The molecule has 0 atom stereocenters. The van der Waals surface area contributed by atoms with Gasteiger partial charge in [0.2, 0.25) is 15.2 Å². The summed E-state index contributed by atoms with van der Waals surface area (Å²) in [6.45, 7) is 6.94. The van der Waals surface area contributed by atoms with E-state index in [0.717, 1.165) is 24.4 Å². The summed E-state index contributed by atoms with van der Waals surface area (Å²) in [7, 11) is -3.30. The van der Waals surface area contributed by atoms with Gasteiger partial charge in [-0.1, -0.05) is 32.1 Å². The van der Waals surface area contributed by atoms with Gasteiger partial charge in [0, 0.05) is 6.04 Å². The maximum absolute atomic E-state index is 11.8. The van der Waals surface area contributed by atoms with Crippen LogP contribution in [0.25, 0.3) is 0 Å². The summed E-state index contributed by atoms with van der Waals surface area (Å²) in [6, 6.07) is 0.434. The zero-order valence-electron chi connectivity index (χ0n) is 11.6. The first-order valence-corrected chi connectivity index (χ1v) is 8.96. The van der Waals surface area contributed by atoms with Crippen LogP contribution >= 0.6 is 11.3 Å². The van der Waals surface area contributed by atoms with Gasteiger partial charge in [-0.2, -0.15) is 0 Å². The van der Waals surface area contributed by atoms with Crippen LogP contribution in [0, 0.1) is 0 Å². The van der Waals surface area contributed by atoms with E-state index in [9.17, 15) is 8.42 Å². The molecule has 1 rings (SSSR count). The van der Waals surface area contributed by atoms with Gasteiger partial charge in [-0.3, -0.25) is 4.72 Å². The van der Waals surface area contributed by atoms with Crippen LogP contribution in [0.2, 0.25) is 0 Å². The number of nitrogens with zero attached hydrogens (tertiary/aromatic N) is 2. The molecule has 0 aliphatic carbocycles. The molecule has 0 amide bonds. The standard InChI is InChI=1S/C11H22N4O2S2/c1-4-10-13-14-11(18-10)15-19(16,17)8-6-5-7-12-9(2)3/h9,12H,4-8H2,1-3H3,(H,14,15). The molecule has 0 aliphatic heterocycles. The lowest BCUT2D eigenvalue weighted by Gasteiger charge is -2.08. The molecule has 19 heavy (non-hydrogen) atoms. The van der Waals surface area contributed by atoms with E-state index in [0.29, 0.717) is 17.6 Å². The van der Waals surface area contributed by atoms with Gasteiger partial charge in [0.1, 0.15) is 5.01 Å². The molecule has 2 N–H and O–H groups in total. The third-order valence-electron chi connectivity index (χ3n) is 2.40. The highest BCUT2D eigenvalue weighted by Crippen LogP contribution is 2.17. The quantitative estimate of drug-likeness (QED) is 0.677. The topological polar surface area (TPSA) is 84.0 Å². The number of rotatable bonds is 9. The average molecular weight is 306 g/mol. The Bertz CT molecular complexity index is 471. The molecule has 8 heteroatoms. The number of hydrogen-bond acceptors (Lipinski definition) is 6. The van der Waals surface area contributed by atoms with E-state index in [1.165, 1.54) is 11.3 Å². The first-order valence-electron chi connectivity index (χ1n) is 6.49. The molecule has 0 aromatic carbocycles. The molecular formula is C11H22N4O2S2. The molecule has 0 bridgehead atoms. The van der Waals surface area contributed by atoms with Gasteiger partial charge in [0.05, 0.1) is 5.75 Å². The van der Waals surface area contributed by atoms with E-state index < -0.39 is 10.0 Å². The Morgan fingerprint density at radius 1 is 1.26 bits per heavy atom. The summed E-state index contributed by atoms with van der Waals surface area (Å²) in [5.74, 6) is 0.119. The highest BCUT2D eigenvalue weighted by atomic mass is 32.2. The van der Waals surface area contributed by atoms with Gasteiger partial charge < -0.3 is 5.32 Å². The van der Waals surface area contributed by atoms with E-state index in [4.69, 9.17) is 0 Å². The van der Waals surface area contributed by atoms with Crippen molar-refractivity contribution in [3.63, 3.8) is 0 Å². The Labute approximate surface area is 119 Å². The Morgan fingerprint density at radius 2 is 2.00 bits per heavy atom. The van der Waals surface area contributed by atoms with E-state index in [2.05, 4.69) is 34.1 Å². The van der Waals surface area contributed by atoms with E-state index in [1.54, 1.807) is 0 Å². The largest absolute Gasteiger partial charge is 0.315 e. The zero-order chi connectivity index (χ0) is 14.3. The van der Waals surface area contributed by atoms with Crippen LogP contribution < -0.4 is 10.0 Å². The van der Waals surface area contributed by atoms with Gasteiger partial charge >= 0.3 is 0 Å². The molecule has 0 saturated heterocycles. The van der Waals surface area contributed by atoms with Crippen molar-refractivity contribution in [3.05, 3.63) is 5.01 Å². The van der Waals surface area contributed by atoms with Crippen LogP contribution in [0.5, 0.6) is 0 Å². The summed E-state index contributed by atoms with van der Waals surface area (Å²) in [5, 5.41) is 12.1. The van der Waals surface area contributed by atoms with Gasteiger partial charge in [-0.05, 0) is 25.8 Å². The monoisotopic (exact) mass is 306 g/mol.